The number of carbonyl (C=O) groups is 1. The largest absolute Gasteiger partial charge is 0.323 e. The molecule has 0 bridgehead atoms. The molecular formula is C20H22Cl2N2O. The molecule has 0 radical (unpaired) electrons. The van der Waals surface area contributed by atoms with Crippen molar-refractivity contribution in [1.29, 1.82) is 0 Å². The third kappa shape index (κ3) is 4.85. The van der Waals surface area contributed by atoms with Gasteiger partial charge in [0.2, 0.25) is 5.91 Å². The van der Waals surface area contributed by atoms with E-state index in [0.29, 0.717) is 5.02 Å². The lowest BCUT2D eigenvalue weighted by Crippen LogP contribution is -2.38. The Morgan fingerprint density at radius 1 is 1.20 bits per heavy atom. The van der Waals surface area contributed by atoms with Gasteiger partial charge < -0.3 is 10.6 Å². The fourth-order valence-electron chi connectivity index (χ4n) is 3.01. The van der Waals surface area contributed by atoms with Crippen LogP contribution < -0.4 is 10.6 Å². The van der Waals surface area contributed by atoms with E-state index in [1.807, 2.05) is 18.2 Å². The number of amides is 1. The van der Waals surface area contributed by atoms with E-state index in [1.54, 1.807) is 18.2 Å². The molecule has 3 rings (SSSR count). The zero-order chi connectivity index (χ0) is 17.2. The Kier molecular flexibility index (Phi) is 6.28. The minimum Gasteiger partial charge on any atom is -0.323 e. The number of hydrogen-bond donors (Lipinski definition) is 2. The number of anilines is 1. The van der Waals surface area contributed by atoms with Crippen LogP contribution in [0.5, 0.6) is 0 Å². The normalized spacial score (nSPS) is 15.3. The van der Waals surface area contributed by atoms with E-state index in [-0.39, 0.29) is 23.7 Å². The predicted molar refractivity (Wildman–Crippen MR) is 108 cm³/mol. The van der Waals surface area contributed by atoms with Crippen LogP contribution in [0.25, 0.3) is 6.08 Å². The summed E-state index contributed by atoms with van der Waals surface area (Å²) < 4.78 is 0. The highest BCUT2D eigenvalue weighted by Crippen LogP contribution is 2.31. The minimum absolute atomic E-state index is 0. The van der Waals surface area contributed by atoms with Gasteiger partial charge in [-0.2, -0.15) is 0 Å². The summed E-state index contributed by atoms with van der Waals surface area (Å²) >= 11 is 5.85. The number of nitrogens with one attached hydrogen (secondary N) is 2. The molecule has 0 aliphatic carbocycles. The van der Waals surface area contributed by atoms with Gasteiger partial charge >= 0.3 is 0 Å². The molecule has 0 saturated heterocycles. The smallest absolute Gasteiger partial charge is 0.248 e. The van der Waals surface area contributed by atoms with Crippen LogP contribution in [0.15, 0.2) is 48.5 Å². The van der Waals surface area contributed by atoms with Gasteiger partial charge in [-0.1, -0.05) is 43.6 Å². The number of hydrogen-bond acceptors (Lipinski definition) is 2. The van der Waals surface area contributed by atoms with E-state index < -0.39 is 0 Å². The molecule has 2 N–H and O–H groups in total. The molecule has 1 amide bonds. The maximum absolute atomic E-state index is 12.1. The van der Waals surface area contributed by atoms with Crippen molar-refractivity contribution in [3.05, 3.63) is 70.3 Å². The van der Waals surface area contributed by atoms with E-state index in [9.17, 15) is 4.79 Å². The first-order valence-electron chi connectivity index (χ1n) is 8.03. The van der Waals surface area contributed by atoms with Crippen LogP contribution in [0.3, 0.4) is 0 Å². The van der Waals surface area contributed by atoms with Crippen LogP contribution in [0, 0.1) is 0 Å². The first kappa shape index (κ1) is 19.5. The molecule has 1 aliphatic rings. The van der Waals surface area contributed by atoms with Gasteiger partial charge in [-0.15, -0.1) is 12.4 Å². The molecule has 2 aromatic rings. The molecule has 1 aliphatic heterocycles. The summed E-state index contributed by atoms with van der Waals surface area (Å²) in [5.74, 6) is -0.145. The molecule has 5 heteroatoms. The molecule has 0 unspecified atom stereocenters. The number of halogens is 2. The maximum atomic E-state index is 12.1. The monoisotopic (exact) mass is 376 g/mol. The van der Waals surface area contributed by atoms with Crippen molar-refractivity contribution in [2.45, 2.75) is 25.8 Å². The quantitative estimate of drug-likeness (QED) is 0.755. The predicted octanol–water partition coefficient (Wildman–Crippen LogP) is 4.79. The third-order valence-electron chi connectivity index (χ3n) is 4.28. The fraction of sp³-hybridized carbons (Fsp3) is 0.250. The molecule has 0 atom stereocenters. The molecule has 0 saturated carbocycles. The summed E-state index contributed by atoms with van der Waals surface area (Å²) in [6, 6.07) is 13.5. The summed E-state index contributed by atoms with van der Waals surface area (Å²) in [5, 5.41) is 7.03. The van der Waals surface area contributed by atoms with Crippen LogP contribution in [-0.2, 0) is 16.8 Å². The minimum atomic E-state index is -0.145. The van der Waals surface area contributed by atoms with Crippen molar-refractivity contribution in [3.8, 4) is 0 Å². The van der Waals surface area contributed by atoms with Gasteiger partial charge in [0, 0.05) is 35.3 Å². The molecule has 25 heavy (non-hydrogen) atoms. The SMILES string of the molecule is CC1(C)CNCc2cc(NC(=O)/C=C/c3ccc(Cl)cc3)ccc21.Cl. The Morgan fingerprint density at radius 3 is 2.64 bits per heavy atom. The van der Waals surface area contributed by atoms with Gasteiger partial charge in [0.05, 0.1) is 0 Å². The lowest BCUT2D eigenvalue weighted by atomic mass is 9.79. The summed E-state index contributed by atoms with van der Waals surface area (Å²) in [5.41, 5.74) is 4.46. The molecule has 0 spiro atoms. The second kappa shape index (κ2) is 8.05. The zero-order valence-electron chi connectivity index (χ0n) is 14.3. The Labute approximate surface area is 159 Å². The summed E-state index contributed by atoms with van der Waals surface area (Å²) in [6.45, 7) is 6.26. The Morgan fingerprint density at radius 2 is 1.92 bits per heavy atom. The first-order valence-corrected chi connectivity index (χ1v) is 8.41. The van der Waals surface area contributed by atoms with Gasteiger partial charge in [0.15, 0.2) is 0 Å². The fourth-order valence-corrected chi connectivity index (χ4v) is 3.14. The van der Waals surface area contributed by atoms with Gasteiger partial charge in [-0.05, 0) is 47.0 Å². The van der Waals surface area contributed by atoms with Gasteiger partial charge in [0.25, 0.3) is 0 Å². The lowest BCUT2D eigenvalue weighted by molar-refractivity contribution is -0.111. The van der Waals surface area contributed by atoms with Gasteiger partial charge in [-0.3, -0.25) is 4.79 Å². The molecule has 1 heterocycles. The Bertz CT molecular complexity index is 783. The molecule has 0 fully saturated rings. The van der Waals surface area contributed by atoms with Crippen LogP contribution >= 0.6 is 24.0 Å². The average Bonchev–Trinajstić information content (AvgIpc) is 2.54. The average molecular weight is 377 g/mol. The second-order valence-electron chi connectivity index (χ2n) is 6.73. The van der Waals surface area contributed by atoms with E-state index in [0.717, 1.165) is 24.3 Å². The zero-order valence-corrected chi connectivity index (χ0v) is 15.9. The topological polar surface area (TPSA) is 41.1 Å². The number of fused-ring (bicyclic) bond motifs is 1. The van der Waals surface area contributed by atoms with Crippen LogP contribution in [0.4, 0.5) is 5.69 Å². The number of carbonyl (C=O) groups excluding carboxylic acids is 1. The van der Waals surface area contributed by atoms with E-state index in [4.69, 9.17) is 11.6 Å². The lowest BCUT2D eigenvalue weighted by Gasteiger charge is -2.33. The van der Waals surface area contributed by atoms with Crippen LogP contribution in [0.2, 0.25) is 5.02 Å². The van der Waals surface area contributed by atoms with Gasteiger partial charge in [-0.25, -0.2) is 0 Å². The van der Waals surface area contributed by atoms with Crippen molar-refractivity contribution in [1.82, 2.24) is 5.32 Å². The van der Waals surface area contributed by atoms with E-state index >= 15 is 0 Å². The highest BCUT2D eigenvalue weighted by Gasteiger charge is 2.26. The van der Waals surface area contributed by atoms with Crippen LogP contribution in [0.1, 0.15) is 30.5 Å². The van der Waals surface area contributed by atoms with E-state index in [1.165, 1.54) is 17.2 Å². The standard InChI is InChI=1S/C20H21ClN2O.ClH/c1-20(2)13-22-12-15-11-17(8-9-18(15)20)23-19(24)10-5-14-3-6-16(21)7-4-14;/h3-11,22H,12-13H2,1-2H3,(H,23,24);1H/b10-5+;. The van der Waals surface area contributed by atoms with Crippen molar-refractivity contribution in [3.63, 3.8) is 0 Å². The summed E-state index contributed by atoms with van der Waals surface area (Å²) in [7, 11) is 0. The Hall–Kier alpha value is -1.81. The molecular weight excluding hydrogens is 355 g/mol. The van der Waals surface area contributed by atoms with Crippen molar-refractivity contribution in [2.75, 3.05) is 11.9 Å². The highest BCUT2D eigenvalue weighted by molar-refractivity contribution is 6.30. The molecule has 2 aromatic carbocycles. The first-order chi connectivity index (χ1) is 11.4. The highest BCUT2D eigenvalue weighted by atomic mass is 35.5. The second-order valence-corrected chi connectivity index (χ2v) is 7.17. The third-order valence-corrected chi connectivity index (χ3v) is 4.53. The van der Waals surface area contributed by atoms with Gasteiger partial charge in [0.1, 0.15) is 0 Å². The van der Waals surface area contributed by atoms with Crippen molar-refractivity contribution >= 4 is 41.7 Å². The van der Waals surface area contributed by atoms with Crippen LogP contribution in [-0.4, -0.2) is 12.5 Å². The number of benzene rings is 2. The molecule has 0 aromatic heterocycles. The summed E-state index contributed by atoms with van der Waals surface area (Å²) in [6.07, 6.45) is 3.31. The maximum Gasteiger partial charge on any atom is 0.248 e. The Balaban J connectivity index is 0.00000225. The number of rotatable bonds is 3. The van der Waals surface area contributed by atoms with Crippen molar-refractivity contribution < 1.29 is 4.79 Å². The molecule has 3 nitrogen and oxygen atoms in total. The van der Waals surface area contributed by atoms with Crippen molar-refractivity contribution in [2.24, 2.45) is 0 Å². The van der Waals surface area contributed by atoms with E-state index in [2.05, 4.69) is 36.6 Å². The summed E-state index contributed by atoms with van der Waals surface area (Å²) in [4.78, 5) is 12.1. The molecule has 132 valence electrons.